The van der Waals surface area contributed by atoms with Crippen LogP contribution in [0.5, 0.6) is 0 Å². The maximum atomic E-state index is 3.48. The van der Waals surface area contributed by atoms with Crippen LogP contribution >= 0.6 is 15.9 Å². The van der Waals surface area contributed by atoms with Crippen LogP contribution in [-0.2, 0) is 0 Å². The average molecular weight is 729 g/mol. The number of nitrogens with zero attached hydrogens (tertiary/aromatic N) is 2. The number of unbranched alkanes of at least 4 members (excludes halogenated alkanes) is 26. The van der Waals surface area contributed by atoms with Crippen LogP contribution in [0.3, 0.4) is 0 Å². The second-order valence-electron chi connectivity index (χ2n) is 14.2. The molecule has 4 heteroatoms. The maximum Gasteiger partial charge on any atom is 0.0780 e. The number of hydrogen-bond acceptors (Lipinski definition) is 1. The van der Waals surface area contributed by atoms with Crippen molar-refractivity contribution in [1.29, 1.82) is 0 Å². The molecule has 0 atom stereocenters. The van der Waals surface area contributed by atoms with Gasteiger partial charge in [0, 0.05) is 5.33 Å². The van der Waals surface area contributed by atoms with Crippen LogP contribution in [0.4, 0.5) is 0 Å². The molecule has 0 amide bonds. The maximum absolute atomic E-state index is 3.48. The Morgan fingerprint density at radius 3 is 0.762 bits per heavy atom. The molecule has 0 unspecified atom stereocenters. The van der Waals surface area contributed by atoms with E-state index in [2.05, 4.69) is 50.9 Å². The summed E-state index contributed by atoms with van der Waals surface area (Å²) in [5.74, 6) is 0. The molecule has 0 fully saturated rings. The SMILES string of the molecule is CCCCCCCCCCCCCCCCBr.CCCCCCCCCCCCCCCC[N+](C)(C)C.CN(C)C.[Br-]. The molecule has 0 spiro atoms. The summed E-state index contributed by atoms with van der Waals surface area (Å²) in [7, 11) is 12.9. The number of alkyl halides is 1. The van der Waals surface area contributed by atoms with Crippen molar-refractivity contribution in [2.24, 2.45) is 0 Å². The van der Waals surface area contributed by atoms with Gasteiger partial charge >= 0.3 is 0 Å². The fourth-order valence-corrected chi connectivity index (χ4v) is 5.47. The first-order valence-corrected chi connectivity index (χ1v) is 19.8. The molecule has 0 radical (unpaired) electrons. The van der Waals surface area contributed by atoms with Crippen molar-refractivity contribution in [1.82, 2.24) is 4.90 Å². The third-order valence-corrected chi connectivity index (χ3v) is 8.23. The van der Waals surface area contributed by atoms with Gasteiger partial charge in [-0.05, 0) is 40.4 Å². The molecule has 0 N–H and O–H groups in total. The first-order valence-electron chi connectivity index (χ1n) is 18.7. The summed E-state index contributed by atoms with van der Waals surface area (Å²) in [6, 6.07) is 0. The zero-order valence-electron chi connectivity index (χ0n) is 30.9. The fraction of sp³-hybridized carbons (Fsp3) is 1.00. The highest BCUT2D eigenvalue weighted by molar-refractivity contribution is 9.09. The van der Waals surface area contributed by atoms with Gasteiger partial charge in [-0.15, -0.1) is 0 Å². The Balaban J connectivity index is -0.000000301. The topological polar surface area (TPSA) is 3.24 Å². The summed E-state index contributed by atoms with van der Waals surface area (Å²) >= 11 is 3.48. The largest absolute Gasteiger partial charge is 1.00 e. The molecule has 0 heterocycles. The average Bonchev–Trinajstić information content (AvgIpc) is 2.91. The highest BCUT2D eigenvalue weighted by Crippen LogP contribution is 2.14. The minimum absolute atomic E-state index is 0. The van der Waals surface area contributed by atoms with E-state index < -0.39 is 0 Å². The molecule has 0 aliphatic rings. The zero-order valence-corrected chi connectivity index (χ0v) is 34.0. The van der Waals surface area contributed by atoms with E-state index in [4.69, 9.17) is 0 Å². The molecular formula is C38H84Br2N2. The lowest BCUT2D eigenvalue weighted by molar-refractivity contribution is -0.870. The molecule has 0 aliphatic carbocycles. The summed E-state index contributed by atoms with van der Waals surface area (Å²) in [4.78, 5) is 2.00. The minimum Gasteiger partial charge on any atom is -1.00 e. The van der Waals surface area contributed by atoms with Gasteiger partial charge in [-0.25, -0.2) is 0 Å². The third kappa shape index (κ3) is 64.0. The number of rotatable bonds is 29. The summed E-state index contributed by atoms with van der Waals surface area (Å²) in [5, 5.41) is 1.19. The smallest absolute Gasteiger partial charge is 0.0780 e. The van der Waals surface area contributed by atoms with Crippen molar-refractivity contribution in [3.63, 3.8) is 0 Å². The van der Waals surface area contributed by atoms with Gasteiger partial charge in [-0.1, -0.05) is 190 Å². The molecule has 0 rings (SSSR count). The van der Waals surface area contributed by atoms with E-state index >= 15 is 0 Å². The highest BCUT2D eigenvalue weighted by Gasteiger charge is 2.05. The van der Waals surface area contributed by atoms with E-state index in [-0.39, 0.29) is 17.0 Å². The summed E-state index contributed by atoms with van der Waals surface area (Å²) in [5.41, 5.74) is 0. The molecule has 0 saturated heterocycles. The molecule has 0 aromatic rings. The Morgan fingerprint density at radius 1 is 0.381 bits per heavy atom. The van der Waals surface area contributed by atoms with E-state index in [0.717, 1.165) is 4.48 Å². The molecule has 42 heavy (non-hydrogen) atoms. The normalized spacial score (nSPS) is 11.0. The van der Waals surface area contributed by atoms with E-state index in [1.165, 1.54) is 192 Å². The third-order valence-electron chi connectivity index (χ3n) is 7.67. The molecule has 0 bridgehead atoms. The number of halogens is 2. The Labute approximate surface area is 288 Å². The van der Waals surface area contributed by atoms with Gasteiger partial charge in [0.2, 0.25) is 0 Å². The second kappa shape index (κ2) is 44.0. The van der Waals surface area contributed by atoms with Crippen molar-refractivity contribution in [2.45, 2.75) is 194 Å². The van der Waals surface area contributed by atoms with E-state index in [9.17, 15) is 0 Å². The quantitative estimate of drug-likeness (QED) is 0.0421. The first-order chi connectivity index (χ1) is 19.7. The van der Waals surface area contributed by atoms with Gasteiger partial charge in [0.25, 0.3) is 0 Å². The van der Waals surface area contributed by atoms with Crippen molar-refractivity contribution < 1.29 is 21.5 Å². The second-order valence-corrected chi connectivity index (χ2v) is 15.0. The van der Waals surface area contributed by atoms with Gasteiger partial charge in [0.1, 0.15) is 0 Å². The molecule has 2 nitrogen and oxygen atoms in total. The molecule has 0 aromatic heterocycles. The van der Waals surface area contributed by atoms with Gasteiger partial charge in [0.15, 0.2) is 0 Å². The van der Waals surface area contributed by atoms with Gasteiger partial charge in [0.05, 0.1) is 27.7 Å². The Morgan fingerprint density at radius 2 is 0.571 bits per heavy atom. The Bertz CT molecular complexity index is 407. The predicted molar refractivity (Wildman–Crippen MR) is 197 cm³/mol. The van der Waals surface area contributed by atoms with Gasteiger partial charge < -0.3 is 26.4 Å². The summed E-state index contributed by atoms with van der Waals surface area (Å²) in [6.45, 7) is 5.91. The first kappa shape index (κ1) is 49.8. The monoisotopic (exact) mass is 727 g/mol. The summed E-state index contributed by atoms with van der Waals surface area (Å²) in [6.07, 6.45) is 40.7. The van der Waals surface area contributed by atoms with Crippen LogP contribution in [-0.4, -0.2) is 63.5 Å². The van der Waals surface area contributed by atoms with Crippen molar-refractivity contribution in [3.05, 3.63) is 0 Å². The van der Waals surface area contributed by atoms with Crippen LogP contribution in [0.2, 0.25) is 0 Å². The van der Waals surface area contributed by atoms with E-state index in [1.54, 1.807) is 0 Å². The Kier molecular flexibility index (Phi) is 52.1. The van der Waals surface area contributed by atoms with Crippen LogP contribution in [0.15, 0.2) is 0 Å². The standard InChI is InChI=1S/C19H42N.C16H33Br.C3H9N.BrH/c1-5-6-7-8-9-10-11-12-13-14-15-16-17-18-19-20(2,3)4;1-2-3-4-5-6-7-8-9-10-11-12-13-14-15-16-17;1-4(2)3;/h5-19H2,1-4H3;2-16H2,1H3;1-3H3;1H/q+1;;;/p-1. The lowest BCUT2D eigenvalue weighted by Gasteiger charge is -2.23. The fourth-order valence-electron chi connectivity index (χ4n) is 5.07. The Hall–Kier alpha value is 0.880. The van der Waals surface area contributed by atoms with Crippen molar-refractivity contribution in [3.8, 4) is 0 Å². The molecular weight excluding hydrogens is 644 g/mol. The van der Waals surface area contributed by atoms with Gasteiger partial charge in [-0.3, -0.25) is 0 Å². The molecule has 0 saturated carbocycles. The minimum atomic E-state index is 0. The van der Waals surface area contributed by atoms with Crippen LogP contribution < -0.4 is 17.0 Å². The molecule has 0 aliphatic heterocycles. The van der Waals surface area contributed by atoms with E-state index in [1.807, 2.05) is 26.0 Å². The van der Waals surface area contributed by atoms with Gasteiger partial charge in [-0.2, -0.15) is 0 Å². The van der Waals surface area contributed by atoms with Crippen molar-refractivity contribution in [2.75, 3.05) is 54.2 Å². The number of hydrogen-bond donors (Lipinski definition) is 0. The molecule has 0 aromatic carbocycles. The highest BCUT2D eigenvalue weighted by atomic mass is 79.9. The van der Waals surface area contributed by atoms with Crippen LogP contribution in [0.25, 0.3) is 0 Å². The van der Waals surface area contributed by atoms with Crippen LogP contribution in [0, 0.1) is 0 Å². The van der Waals surface area contributed by atoms with Crippen molar-refractivity contribution >= 4 is 15.9 Å². The lowest BCUT2D eigenvalue weighted by atomic mass is 10.0. The lowest BCUT2D eigenvalue weighted by Crippen LogP contribution is -3.00. The predicted octanol–water partition coefficient (Wildman–Crippen LogP) is 10.2. The number of quaternary nitrogens is 1. The zero-order chi connectivity index (χ0) is 31.3. The van der Waals surface area contributed by atoms with E-state index in [0.29, 0.717) is 0 Å². The van der Waals surface area contributed by atoms with Crippen LogP contribution in [0.1, 0.15) is 194 Å². The molecule has 260 valence electrons. The summed E-state index contributed by atoms with van der Waals surface area (Å²) < 4.78 is 1.12.